The number of unbranched alkanes of at least 4 members (excludes halogenated alkanes) is 3. The van der Waals surface area contributed by atoms with Crippen molar-refractivity contribution in [1.82, 2.24) is 0 Å². The van der Waals surface area contributed by atoms with Crippen molar-refractivity contribution in [2.75, 3.05) is 0 Å². The van der Waals surface area contributed by atoms with Gasteiger partial charge in [0, 0.05) is 0 Å². The van der Waals surface area contributed by atoms with Crippen LogP contribution < -0.4 is 0 Å². The molecule has 86 valence electrons. The van der Waals surface area contributed by atoms with Crippen molar-refractivity contribution in [3.8, 4) is 0 Å². The summed E-state index contributed by atoms with van der Waals surface area (Å²) in [5.74, 6) is 0. The summed E-state index contributed by atoms with van der Waals surface area (Å²) in [6, 6.07) is 0. The molecule has 0 amide bonds. The smallest absolute Gasteiger partial charge is 0.0166 e. The molecule has 0 fully saturated rings. The highest BCUT2D eigenvalue weighted by atomic mass is 14.0. The van der Waals surface area contributed by atoms with E-state index in [9.17, 15) is 0 Å². The molecule has 0 atom stereocenters. The number of hydrogen-bond donors (Lipinski definition) is 0. The van der Waals surface area contributed by atoms with Gasteiger partial charge in [0.05, 0.1) is 0 Å². The lowest BCUT2D eigenvalue weighted by molar-refractivity contribution is 0.718. The summed E-state index contributed by atoms with van der Waals surface area (Å²) >= 11 is 0. The highest BCUT2D eigenvalue weighted by molar-refractivity contribution is 5.19. The van der Waals surface area contributed by atoms with Crippen LogP contribution in [0.5, 0.6) is 0 Å². The summed E-state index contributed by atoms with van der Waals surface area (Å²) in [7, 11) is 0. The van der Waals surface area contributed by atoms with E-state index in [-0.39, 0.29) is 0 Å². The van der Waals surface area contributed by atoms with E-state index in [1.807, 2.05) is 6.08 Å². The summed E-state index contributed by atoms with van der Waals surface area (Å²) in [6.07, 6.45) is 17.5. The first-order chi connectivity index (χ1) is 7.35. The van der Waals surface area contributed by atoms with Crippen LogP contribution in [0.4, 0.5) is 0 Å². The summed E-state index contributed by atoms with van der Waals surface area (Å²) in [5, 5.41) is 0. The maximum absolute atomic E-state index is 3.76. The Morgan fingerprint density at radius 3 is 2.53 bits per heavy atom. The second-order valence-corrected chi connectivity index (χ2v) is 3.95. The Morgan fingerprint density at radius 2 is 1.93 bits per heavy atom. The van der Waals surface area contributed by atoms with Crippen molar-refractivity contribution in [3.63, 3.8) is 0 Å². The van der Waals surface area contributed by atoms with Crippen molar-refractivity contribution in [3.05, 3.63) is 36.5 Å². The minimum atomic E-state index is 0.998. The summed E-state index contributed by atoms with van der Waals surface area (Å²) in [4.78, 5) is 0. The lowest BCUT2D eigenvalue weighted by atomic mass is 10.1. The minimum absolute atomic E-state index is 0.998. The molecular formula is C15H26. The lowest BCUT2D eigenvalue weighted by Gasteiger charge is -2.01. The van der Waals surface area contributed by atoms with Gasteiger partial charge in [-0.25, -0.2) is 0 Å². The molecule has 0 nitrogen and oxygen atoms in total. The van der Waals surface area contributed by atoms with Crippen LogP contribution in [0.2, 0.25) is 0 Å². The average Bonchev–Trinajstić information content (AvgIpc) is 2.25. The fourth-order valence-corrected chi connectivity index (χ4v) is 1.47. The standard InChI is InChI=1S/C15H26/c1-4-7-10-13-15(12-9-6-3)14-11-8-5-2/h6,10,12-13H,3-5,7-9,11,14H2,1-2H3/b13-10+,15-12+. The molecule has 0 aliphatic carbocycles. The van der Waals surface area contributed by atoms with Gasteiger partial charge in [0.25, 0.3) is 0 Å². The Balaban J connectivity index is 3.99. The van der Waals surface area contributed by atoms with E-state index in [1.54, 1.807) is 0 Å². The van der Waals surface area contributed by atoms with Crippen LogP contribution in [0, 0.1) is 0 Å². The summed E-state index contributed by atoms with van der Waals surface area (Å²) in [5.41, 5.74) is 1.48. The molecule has 0 bridgehead atoms. The third-order valence-electron chi connectivity index (χ3n) is 2.40. The molecule has 0 heteroatoms. The van der Waals surface area contributed by atoms with Crippen LogP contribution in [0.15, 0.2) is 36.5 Å². The molecule has 0 aliphatic heterocycles. The van der Waals surface area contributed by atoms with Crippen LogP contribution >= 0.6 is 0 Å². The predicted octanol–water partition coefficient (Wildman–Crippen LogP) is 5.43. The van der Waals surface area contributed by atoms with Gasteiger partial charge in [-0.1, -0.05) is 63.0 Å². The maximum Gasteiger partial charge on any atom is -0.0166 e. The van der Waals surface area contributed by atoms with Gasteiger partial charge >= 0.3 is 0 Å². The Morgan fingerprint density at radius 1 is 1.13 bits per heavy atom. The number of allylic oxidation sites excluding steroid dienone is 5. The molecule has 0 radical (unpaired) electrons. The van der Waals surface area contributed by atoms with Crippen LogP contribution in [-0.2, 0) is 0 Å². The topological polar surface area (TPSA) is 0 Å². The van der Waals surface area contributed by atoms with Crippen molar-refractivity contribution in [2.45, 2.75) is 58.8 Å². The van der Waals surface area contributed by atoms with Gasteiger partial charge in [0.15, 0.2) is 0 Å². The van der Waals surface area contributed by atoms with E-state index >= 15 is 0 Å². The first kappa shape index (κ1) is 14.2. The molecule has 0 aliphatic rings. The quantitative estimate of drug-likeness (QED) is 0.268. The molecule has 0 unspecified atom stereocenters. The van der Waals surface area contributed by atoms with Gasteiger partial charge in [-0.3, -0.25) is 0 Å². The molecule has 0 saturated carbocycles. The highest BCUT2D eigenvalue weighted by Gasteiger charge is 1.92. The van der Waals surface area contributed by atoms with E-state index in [1.165, 1.54) is 44.1 Å². The van der Waals surface area contributed by atoms with Gasteiger partial charge in [-0.2, -0.15) is 0 Å². The van der Waals surface area contributed by atoms with Crippen LogP contribution in [0.3, 0.4) is 0 Å². The zero-order valence-corrected chi connectivity index (χ0v) is 10.5. The Hall–Kier alpha value is -0.780. The fraction of sp³-hybridized carbons (Fsp3) is 0.600. The molecule has 0 rings (SSSR count). The second kappa shape index (κ2) is 11.3. The Kier molecular flexibility index (Phi) is 10.7. The first-order valence-electron chi connectivity index (χ1n) is 6.31. The minimum Gasteiger partial charge on any atom is -0.103 e. The zero-order chi connectivity index (χ0) is 11.4. The van der Waals surface area contributed by atoms with E-state index in [0.29, 0.717) is 0 Å². The maximum atomic E-state index is 3.76. The third kappa shape index (κ3) is 9.52. The summed E-state index contributed by atoms with van der Waals surface area (Å²) in [6.45, 7) is 8.22. The fourth-order valence-electron chi connectivity index (χ4n) is 1.47. The SMILES string of the molecule is C=CC/C=C(\C=C\CCC)CCCCC. The third-order valence-corrected chi connectivity index (χ3v) is 2.40. The Labute approximate surface area is 95.8 Å². The van der Waals surface area contributed by atoms with Crippen LogP contribution in [0.25, 0.3) is 0 Å². The first-order valence-corrected chi connectivity index (χ1v) is 6.31. The van der Waals surface area contributed by atoms with Crippen molar-refractivity contribution >= 4 is 0 Å². The van der Waals surface area contributed by atoms with Gasteiger partial charge in [-0.05, 0) is 25.7 Å². The van der Waals surface area contributed by atoms with E-state index in [4.69, 9.17) is 0 Å². The average molecular weight is 206 g/mol. The van der Waals surface area contributed by atoms with Crippen LogP contribution in [-0.4, -0.2) is 0 Å². The molecule has 0 aromatic rings. The Bertz CT molecular complexity index is 196. The lowest BCUT2D eigenvalue weighted by Crippen LogP contribution is -1.81. The van der Waals surface area contributed by atoms with Gasteiger partial charge in [0.1, 0.15) is 0 Å². The molecule has 0 spiro atoms. The number of rotatable bonds is 9. The molecule has 0 aromatic heterocycles. The van der Waals surface area contributed by atoms with E-state index in [0.717, 1.165) is 6.42 Å². The molecule has 0 heterocycles. The molecule has 0 N–H and O–H groups in total. The normalized spacial score (nSPS) is 12.3. The highest BCUT2D eigenvalue weighted by Crippen LogP contribution is 2.12. The molecule has 0 aromatic carbocycles. The zero-order valence-electron chi connectivity index (χ0n) is 10.5. The van der Waals surface area contributed by atoms with Gasteiger partial charge in [0.2, 0.25) is 0 Å². The molecule has 15 heavy (non-hydrogen) atoms. The van der Waals surface area contributed by atoms with Crippen molar-refractivity contribution < 1.29 is 0 Å². The molecular weight excluding hydrogens is 180 g/mol. The second-order valence-electron chi connectivity index (χ2n) is 3.95. The van der Waals surface area contributed by atoms with E-state index in [2.05, 4.69) is 38.7 Å². The summed E-state index contributed by atoms with van der Waals surface area (Å²) < 4.78 is 0. The largest absolute Gasteiger partial charge is 0.103 e. The van der Waals surface area contributed by atoms with E-state index < -0.39 is 0 Å². The van der Waals surface area contributed by atoms with Crippen molar-refractivity contribution in [1.29, 1.82) is 0 Å². The molecule has 0 saturated heterocycles. The van der Waals surface area contributed by atoms with Gasteiger partial charge in [-0.15, -0.1) is 6.58 Å². The van der Waals surface area contributed by atoms with Crippen LogP contribution in [0.1, 0.15) is 58.8 Å². The predicted molar refractivity (Wildman–Crippen MR) is 71.1 cm³/mol. The monoisotopic (exact) mass is 206 g/mol. The van der Waals surface area contributed by atoms with Crippen molar-refractivity contribution in [2.24, 2.45) is 0 Å². The van der Waals surface area contributed by atoms with Gasteiger partial charge < -0.3 is 0 Å². The number of hydrogen-bond acceptors (Lipinski definition) is 0.